The van der Waals surface area contributed by atoms with Gasteiger partial charge >= 0.3 is 0 Å². The number of rotatable bonds is 4. The molecule has 1 radical (unpaired) electrons. The highest BCUT2D eigenvalue weighted by molar-refractivity contribution is 6.57. The van der Waals surface area contributed by atoms with E-state index in [1.807, 2.05) is 0 Å². The molecule has 1 N–H and O–H groups in total. The van der Waals surface area contributed by atoms with Gasteiger partial charge in [0.1, 0.15) is 0 Å². The Morgan fingerprint density at radius 2 is 1.00 bits per heavy atom. The molecular weight excluding hydrogens is 284 g/mol. The number of hydrogen-bond acceptors (Lipinski definition) is 1. The Labute approximate surface area is 141 Å². The lowest BCUT2D eigenvalue weighted by Gasteiger charge is -2.49. The van der Waals surface area contributed by atoms with E-state index in [9.17, 15) is 4.80 Å². The van der Waals surface area contributed by atoms with Gasteiger partial charge in [-0.2, -0.15) is 0 Å². The van der Waals surface area contributed by atoms with Gasteiger partial charge in [0.2, 0.25) is 9.04 Å². The second-order valence-corrected chi connectivity index (χ2v) is 12.7. The van der Waals surface area contributed by atoms with Crippen LogP contribution in [0.25, 0.3) is 0 Å². The predicted molar refractivity (Wildman–Crippen MR) is 98.3 cm³/mol. The fourth-order valence-electron chi connectivity index (χ4n) is 5.09. The Kier molecular flexibility index (Phi) is 5.86. The maximum Gasteiger partial charge on any atom is 0.219 e. The highest BCUT2D eigenvalue weighted by Gasteiger charge is 2.50. The van der Waals surface area contributed by atoms with Crippen LogP contribution >= 0.6 is 0 Å². The zero-order valence-corrected chi connectivity index (χ0v) is 16.9. The molecule has 0 bridgehead atoms. The quantitative estimate of drug-likeness (QED) is 0.612. The molecule has 22 heavy (non-hydrogen) atoms. The first-order chi connectivity index (χ1) is 10.2. The Balaban J connectivity index is 1.97. The lowest BCUT2D eigenvalue weighted by Crippen LogP contribution is -2.45. The summed E-state index contributed by atoms with van der Waals surface area (Å²) in [5.41, 5.74) is 0. The van der Waals surface area contributed by atoms with Crippen molar-refractivity contribution in [1.29, 1.82) is 0 Å². The second-order valence-electron chi connectivity index (χ2n) is 9.63. The van der Waals surface area contributed by atoms with E-state index in [1.165, 1.54) is 51.4 Å². The molecule has 0 spiro atoms. The van der Waals surface area contributed by atoms with Crippen molar-refractivity contribution < 1.29 is 4.80 Å². The summed E-state index contributed by atoms with van der Waals surface area (Å²) < 4.78 is 0. The molecule has 129 valence electrons. The van der Waals surface area contributed by atoms with Gasteiger partial charge in [0, 0.05) is 0 Å². The van der Waals surface area contributed by atoms with Crippen molar-refractivity contribution in [3.8, 4) is 0 Å². The molecule has 0 aromatic carbocycles. The minimum Gasteiger partial charge on any atom is -0.430 e. The average molecular weight is 324 g/mol. The summed E-state index contributed by atoms with van der Waals surface area (Å²) in [5.74, 6) is 3.42. The van der Waals surface area contributed by atoms with E-state index in [1.54, 1.807) is 0 Å². The summed E-state index contributed by atoms with van der Waals surface area (Å²) in [6, 6.07) is 0. The third kappa shape index (κ3) is 3.80. The maximum absolute atomic E-state index is 11.4. The maximum atomic E-state index is 11.4. The SMILES string of the molecule is CC(C)C1CCC(C)([Si](O)C2(C)CCC(C(C)C)CC2)CC1. The van der Waals surface area contributed by atoms with Crippen LogP contribution in [-0.4, -0.2) is 13.8 Å². The van der Waals surface area contributed by atoms with E-state index >= 15 is 0 Å². The fourth-order valence-corrected chi connectivity index (χ4v) is 8.07. The molecule has 2 saturated carbocycles. The van der Waals surface area contributed by atoms with Gasteiger partial charge < -0.3 is 4.80 Å². The molecule has 0 aromatic heterocycles. The molecule has 2 heteroatoms. The molecular formula is C20H39OSi. The summed E-state index contributed by atoms with van der Waals surface area (Å²) in [6.45, 7) is 14.3. The Morgan fingerprint density at radius 3 is 1.23 bits per heavy atom. The van der Waals surface area contributed by atoms with Crippen molar-refractivity contribution in [3.63, 3.8) is 0 Å². The molecule has 0 atom stereocenters. The monoisotopic (exact) mass is 323 g/mol. The third-order valence-electron chi connectivity index (χ3n) is 7.30. The number of hydrogen-bond donors (Lipinski definition) is 1. The van der Waals surface area contributed by atoms with E-state index in [-0.39, 0.29) is 10.1 Å². The molecule has 2 aliphatic carbocycles. The van der Waals surface area contributed by atoms with Gasteiger partial charge in [-0.1, -0.05) is 41.5 Å². The Morgan fingerprint density at radius 1 is 0.727 bits per heavy atom. The van der Waals surface area contributed by atoms with Gasteiger partial charge in [0.15, 0.2) is 0 Å². The van der Waals surface area contributed by atoms with Crippen LogP contribution < -0.4 is 0 Å². The van der Waals surface area contributed by atoms with Crippen molar-refractivity contribution in [2.45, 2.75) is 103 Å². The molecule has 2 rings (SSSR count). The van der Waals surface area contributed by atoms with Gasteiger partial charge in [0.25, 0.3) is 0 Å². The highest BCUT2D eigenvalue weighted by atomic mass is 28.3. The molecule has 0 saturated heterocycles. The zero-order valence-electron chi connectivity index (χ0n) is 15.9. The lowest BCUT2D eigenvalue weighted by atomic mass is 9.76. The third-order valence-corrected chi connectivity index (χ3v) is 10.6. The highest BCUT2D eigenvalue weighted by Crippen LogP contribution is 2.58. The van der Waals surface area contributed by atoms with E-state index in [0.717, 1.165) is 23.7 Å². The van der Waals surface area contributed by atoms with Gasteiger partial charge in [-0.3, -0.25) is 0 Å². The Bertz CT molecular complexity index is 313. The molecule has 1 nitrogen and oxygen atoms in total. The topological polar surface area (TPSA) is 20.2 Å². The van der Waals surface area contributed by atoms with Crippen LogP contribution in [0.4, 0.5) is 0 Å². The summed E-state index contributed by atoms with van der Waals surface area (Å²) in [5, 5.41) is 0.519. The first-order valence-electron chi connectivity index (χ1n) is 9.75. The van der Waals surface area contributed by atoms with Gasteiger partial charge in [0.05, 0.1) is 0 Å². The van der Waals surface area contributed by atoms with Crippen molar-refractivity contribution in [2.24, 2.45) is 23.7 Å². The van der Waals surface area contributed by atoms with E-state index < -0.39 is 9.04 Å². The first-order valence-corrected chi connectivity index (χ1v) is 11.2. The fraction of sp³-hybridized carbons (Fsp3) is 1.00. The van der Waals surface area contributed by atoms with Crippen LogP contribution in [0.15, 0.2) is 0 Å². The summed E-state index contributed by atoms with van der Waals surface area (Å²) >= 11 is 0. The molecule has 0 aromatic rings. The largest absolute Gasteiger partial charge is 0.430 e. The summed E-state index contributed by atoms with van der Waals surface area (Å²) in [7, 11) is -1.28. The van der Waals surface area contributed by atoms with Crippen LogP contribution in [0.5, 0.6) is 0 Å². The van der Waals surface area contributed by atoms with Gasteiger partial charge in [-0.15, -0.1) is 0 Å². The normalized spacial score (nSPS) is 40.6. The summed E-state index contributed by atoms with van der Waals surface area (Å²) in [4.78, 5) is 11.4. The van der Waals surface area contributed by atoms with Crippen LogP contribution in [-0.2, 0) is 0 Å². The molecule has 0 unspecified atom stereocenters. The van der Waals surface area contributed by atoms with E-state index in [4.69, 9.17) is 0 Å². The second kappa shape index (κ2) is 6.97. The van der Waals surface area contributed by atoms with Gasteiger partial charge in [-0.05, 0) is 85.1 Å². The standard InChI is InChI=1S/C20H39OSi/c1-15(2)17-7-11-19(5,12-8-17)22(21)20(6)13-9-18(10-14-20)16(3)4/h15-18,21H,7-14H2,1-6H3. The first kappa shape index (κ1) is 18.5. The smallest absolute Gasteiger partial charge is 0.219 e. The molecule has 0 heterocycles. The van der Waals surface area contributed by atoms with Crippen LogP contribution in [0.3, 0.4) is 0 Å². The minimum absolute atomic E-state index is 0.259. The van der Waals surface area contributed by atoms with Crippen LogP contribution in [0.2, 0.25) is 10.1 Å². The van der Waals surface area contributed by atoms with Crippen LogP contribution in [0, 0.1) is 23.7 Å². The minimum atomic E-state index is -1.28. The molecule has 0 aliphatic heterocycles. The van der Waals surface area contributed by atoms with E-state index in [0.29, 0.717) is 0 Å². The Hall–Kier alpha value is 0.177. The lowest BCUT2D eigenvalue weighted by molar-refractivity contribution is 0.198. The molecule has 2 fully saturated rings. The van der Waals surface area contributed by atoms with Crippen molar-refractivity contribution in [2.75, 3.05) is 0 Å². The predicted octanol–water partition coefficient (Wildman–Crippen LogP) is 6.18. The van der Waals surface area contributed by atoms with Crippen molar-refractivity contribution in [3.05, 3.63) is 0 Å². The zero-order chi connectivity index (χ0) is 16.5. The van der Waals surface area contributed by atoms with Crippen LogP contribution in [0.1, 0.15) is 92.9 Å². The molecule has 2 aliphatic rings. The van der Waals surface area contributed by atoms with Crippen molar-refractivity contribution in [1.82, 2.24) is 0 Å². The van der Waals surface area contributed by atoms with Crippen molar-refractivity contribution >= 4 is 9.04 Å². The van der Waals surface area contributed by atoms with E-state index in [2.05, 4.69) is 41.5 Å². The molecule has 0 amide bonds. The van der Waals surface area contributed by atoms with Gasteiger partial charge in [-0.25, -0.2) is 0 Å². The summed E-state index contributed by atoms with van der Waals surface area (Å²) in [6.07, 6.45) is 10.4. The average Bonchev–Trinajstić information content (AvgIpc) is 2.47.